The molecule has 2 aliphatic rings. The van der Waals surface area contributed by atoms with Gasteiger partial charge in [0, 0.05) is 6.04 Å². The van der Waals surface area contributed by atoms with Crippen molar-refractivity contribution in [3.05, 3.63) is 23.8 Å². The van der Waals surface area contributed by atoms with Crippen molar-refractivity contribution in [3.8, 4) is 11.5 Å². The van der Waals surface area contributed by atoms with Gasteiger partial charge in [-0.15, -0.1) is 0 Å². The molecule has 4 heteroatoms. The maximum atomic E-state index is 12.4. The predicted molar refractivity (Wildman–Crippen MR) is 89.8 cm³/mol. The first-order valence-corrected chi connectivity index (χ1v) is 8.61. The van der Waals surface area contributed by atoms with Crippen LogP contribution < -0.4 is 14.8 Å². The van der Waals surface area contributed by atoms with E-state index in [1.54, 1.807) is 14.2 Å². The van der Waals surface area contributed by atoms with E-state index in [2.05, 4.69) is 12.2 Å². The van der Waals surface area contributed by atoms with Crippen LogP contribution in [0, 0.1) is 17.8 Å². The van der Waals surface area contributed by atoms with E-state index in [0.717, 1.165) is 17.4 Å². The molecule has 1 aromatic carbocycles. The minimum atomic E-state index is 0.0903. The summed E-state index contributed by atoms with van der Waals surface area (Å²) in [6.45, 7) is 2.16. The fourth-order valence-corrected chi connectivity index (χ4v) is 4.49. The third kappa shape index (κ3) is 3.46. The minimum absolute atomic E-state index is 0.0903. The summed E-state index contributed by atoms with van der Waals surface area (Å²) in [7, 11) is 3.22. The molecule has 4 nitrogen and oxygen atoms in total. The third-order valence-electron chi connectivity index (χ3n) is 5.64. The largest absolute Gasteiger partial charge is 0.493 e. The molecular weight excluding hydrogens is 290 g/mol. The van der Waals surface area contributed by atoms with Gasteiger partial charge in [0.2, 0.25) is 5.91 Å². The van der Waals surface area contributed by atoms with E-state index in [4.69, 9.17) is 9.47 Å². The number of benzene rings is 1. The molecule has 2 saturated carbocycles. The SMILES string of the molecule is COc1ccc(CC(=O)N[C@H](C)[C@H]2C[C@@H]3CC[C@@H]2C3)cc1OC. The van der Waals surface area contributed by atoms with Crippen molar-refractivity contribution in [1.29, 1.82) is 0 Å². The van der Waals surface area contributed by atoms with Gasteiger partial charge in [-0.25, -0.2) is 0 Å². The Hall–Kier alpha value is -1.71. The summed E-state index contributed by atoms with van der Waals surface area (Å²) in [5, 5.41) is 3.21. The molecule has 0 spiro atoms. The monoisotopic (exact) mass is 317 g/mol. The Kier molecular flexibility index (Phi) is 4.79. The highest BCUT2D eigenvalue weighted by Gasteiger charge is 2.42. The van der Waals surface area contributed by atoms with Crippen molar-refractivity contribution in [2.24, 2.45) is 17.8 Å². The fourth-order valence-electron chi connectivity index (χ4n) is 4.49. The van der Waals surface area contributed by atoms with Crippen molar-refractivity contribution in [2.75, 3.05) is 14.2 Å². The highest BCUT2D eigenvalue weighted by atomic mass is 16.5. The van der Waals surface area contributed by atoms with Crippen LogP contribution in [0.5, 0.6) is 11.5 Å². The fraction of sp³-hybridized carbons (Fsp3) is 0.632. The molecule has 1 N–H and O–H groups in total. The maximum absolute atomic E-state index is 12.4. The maximum Gasteiger partial charge on any atom is 0.224 e. The summed E-state index contributed by atoms with van der Waals surface area (Å²) in [5.41, 5.74) is 0.945. The van der Waals surface area contributed by atoms with E-state index in [9.17, 15) is 4.79 Å². The molecule has 1 aromatic rings. The second-order valence-corrected chi connectivity index (χ2v) is 7.06. The summed E-state index contributed by atoms with van der Waals surface area (Å²) >= 11 is 0. The lowest BCUT2D eigenvalue weighted by Crippen LogP contribution is -2.40. The molecule has 0 saturated heterocycles. The Morgan fingerprint density at radius 2 is 2.00 bits per heavy atom. The molecule has 2 fully saturated rings. The number of ether oxygens (including phenoxy) is 2. The number of hydrogen-bond donors (Lipinski definition) is 1. The van der Waals surface area contributed by atoms with Gasteiger partial charge in [0.05, 0.1) is 20.6 Å². The zero-order valence-electron chi connectivity index (χ0n) is 14.3. The van der Waals surface area contributed by atoms with Gasteiger partial charge >= 0.3 is 0 Å². The van der Waals surface area contributed by atoms with Crippen LogP contribution in [0.4, 0.5) is 0 Å². The molecule has 0 aliphatic heterocycles. The molecule has 126 valence electrons. The van der Waals surface area contributed by atoms with Crippen LogP contribution >= 0.6 is 0 Å². The number of fused-ring (bicyclic) bond motifs is 2. The number of amides is 1. The number of nitrogens with one attached hydrogen (secondary N) is 1. The van der Waals surface area contributed by atoms with Gasteiger partial charge in [0.15, 0.2) is 11.5 Å². The summed E-state index contributed by atoms with van der Waals surface area (Å²) < 4.78 is 10.5. The standard InChI is InChI=1S/C19H27NO3/c1-12(16-9-13-4-6-15(16)8-13)20-19(21)11-14-5-7-17(22-2)18(10-14)23-3/h5,7,10,12-13,15-16H,4,6,8-9,11H2,1-3H3,(H,20,21)/t12-,13-,15-,16-/m1/s1. The molecule has 2 bridgehead atoms. The molecule has 0 unspecified atom stereocenters. The van der Waals surface area contributed by atoms with Crippen molar-refractivity contribution >= 4 is 5.91 Å². The van der Waals surface area contributed by atoms with Crippen LogP contribution in [0.3, 0.4) is 0 Å². The molecule has 23 heavy (non-hydrogen) atoms. The van der Waals surface area contributed by atoms with Crippen LogP contribution in [0.1, 0.15) is 38.2 Å². The number of carbonyl (C=O) groups is 1. The Morgan fingerprint density at radius 1 is 1.22 bits per heavy atom. The molecule has 3 rings (SSSR count). The Morgan fingerprint density at radius 3 is 2.61 bits per heavy atom. The Bertz CT molecular complexity index is 572. The lowest BCUT2D eigenvalue weighted by Gasteiger charge is -2.28. The van der Waals surface area contributed by atoms with Gasteiger partial charge in [-0.1, -0.05) is 12.5 Å². The van der Waals surface area contributed by atoms with E-state index in [0.29, 0.717) is 23.8 Å². The second-order valence-electron chi connectivity index (χ2n) is 7.06. The number of carbonyl (C=O) groups excluding carboxylic acids is 1. The average Bonchev–Trinajstić information content (AvgIpc) is 3.17. The Labute approximate surface area is 138 Å². The summed E-state index contributed by atoms with van der Waals surface area (Å²) in [6.07, 6.45) is 5.80. The van der Waals surface area contributed by atoms with Crippen LogP contribution in [-0.2, 0) is 11.2 Å². The van der Waals surface area contributed by atoms with E-state index in [-0.39, 0.29) is 11.9 Å². The average molecular weight is 317 g/mol. The van der Waals surface area contributed by atoms with Crippen LogP contribution in [0.15, 0.2) is 18.2 Å². The molecular formula is C19H27NO3. The highest BCUT2D eigenvalue weighted by molar-refractivity contribution is 5.79. The first-order valence-electron chi connectivity index (χ1n) is 8.61. The molecule has 4 atom stereocenters. The van der Waals surface area contributed by atoms with Crippen molar-refractivity contribution < 1.29 is 14.3 Å². The quantitative estimate of drug-likeness (QED) is 0.876. The van der Waals surface area contributed by atoms with Gasteiger partial charge in [-0.2, -0.15) is 0 Å². The van der Waals surface area contributed by atoms with Crippen LogP contribution in [-0.4, -0.2) is 26.2 Å². The lowest BCUT2D eigenvalue weighted by atomic mass is 9.84. The number of hydrogen-bond acceptors (Lipinski definition) is 3. The topological polar surface area (TPSA) is 47.6 Å². The summed E-state index contributed by atoms with van der Waals surface area (Å²) in [4.78, 5) is 12.4. The first-order chi connectivity index (χ1) is 11.1. The van der Waals surface area contributed by atoms with E-state index in [1.165, 1.54) is 25.7 Å². The minimum Gasteiger partial charge on any atom is -0.493 e. The zero-order chi connectivity index (χ0) is 16.4. The molecule has 1 amide bonds. The van der Waals surface area contributed by atoms with Gasteiger partial charge < -0.3 is 14.8 Å². The number of methoxy groups -OCH3 is 2. The molecule has 0 radical (unpaired) electrons. The van der Waals surface area contributed by atoms with E-state index in [1.807, 2.05) is 18.2 Å². The van der Waals surface area contributed by atoms with Crippen LogP contribution in [0.25, 0.3) is 0 Å². The van der Waals surface area contributed by atoms with Crippen molar-refractivity contribution in [1.82, 2.24) is 5.32 Å². The summed E-state index contributed by atoms with van der Waals surface area (Å²) in [6, 6.07) is 5.92. The normalized spacial score (nSPS) is 26.8. The third-order valence-corrected chi connectivity index (χ3v) is 5.64. The lowest BCUT2D eigenvalue weighted by molar-refractivity contribution is -0.121. The smallest absolute Gasteiger partial charge is 0.224 e. The van der Waals surface area contributed by atoms with Gasteiger partial charge in [0.1, 0.15) is 0 Å². The number of rotatable bonds is 6. The van der Waals surface area contributed by atoms with Crippen molar-refractivity contribution in [2.45, 2.75) is 45.1 Å². The zero-order valence-corrected chi connectivity index (χ0v) is 14.3. The second kappa shape index (κ2) is 6.81. The Balaban J connectivity index is 1.57. The summed E-state index contributed by atoms with van der Waals surface area (Å²) in [5.74, 6) is 3.85. The van der Waals surface area contributed by atoms with Crippen molar-refractivity contribution in [3.63, 3.8) is 0 Å². The predicted octanol–water partition coefficient (Wildman–Crippen LogP) is 3.19. The molecule has 0 heterocycles. The van der Waals surface area contributed by atoms with E-state index < -0.39 is 0 Å². The first kappa shape index (κ1) is 16.2. The van der Waals surface area contributed by atoms with E-state index >= 15 is 0 Å². The van der Waals surface area contributed by atoms with Gasteiger partial charge in [0.25, 0.3) is 0 Å². The highest BCUT2D eigenvalue weighted by Crippen LogP contribution is 2.49. The molecule has 0 aromatic heterocycles. The van der Waals surface area contributed by atoms with Gasteiger partial charge in [-0.05, 0) is 61.6 Å². The van der Waals surface area contributed by atoms with Crippen LogP contribution in [0.2, 0.25) is 0 Å². The molecule has 2 aliphatic carbocycles. The van der Waals surface area contributed by atoms with Gasteiger partial charge in [-0.3, -0.25) is 4.79 Å².